The Balaban J connectivity index is 2.73. The molecule has 1 unspecified atom stereocenters. The van der Waals surface area contributed by atoms with Gasteiger partial charge in [-0.15, -0.1) is 0 Å². The number of hydrazine groups is 1. The lowest BCUT2D eigenvalue weighted by Crippen LogP contribution is -2.30. The molecule has 90 valence electrons. The number of nitrogen functional groups attached to an aromatic ring is 1. The molecule has 5 heteroatoms. The quantitative estimate of drug-likeness (QED) is 0.380. The van der Waals surface area contributed by atoms with Crippen LogP contribution in [0.25, 0.3) is 0 Å². The second-order valence-electron chi connectivity index (χ2n) is 3.69. The standard InChI is InChI=1S/C11H20N4O/c1-3-16-5-4-10(15-13)9-6-8(2)7-14-11(9)12/h6-7,10,15H,3-5,13H2,1-2H3,(H2,12,14). The van der Waals surface area contributed by atoms with Crippen LogP contribution in [0, 0.1) is 6.92 Å². The van der Waals surface area contributed by atoms with Crippen LogP contribution in [-0.2, 0) is 4.74 Å². The van der Waals surface area contributed by atoms with Crippen LogP contribution in [-0.4, -0.2) is 18.2 Å². The lowest BCUT2D eigenvalue weighted by Gasteiger charge is -2.17. The third kappa shape index (κ3) is 3.44. The fraction of sp³-hybridized carbons (Fsp3) is 0.545. The van der Waals surface area contributed by atoms with Gasteiger partial charge in [-0.25, -0.2) is 4.98 Å². The van der Waals surface area contributed by atoms with Crippen LogP contribution < -0.4 is 17.0 Å². The molecule has 0 amide bonds. The third-order valence-electron chi connectivity index (χ3n) is 2.42. The summed E-state index contributed by atoms with van der Waals surface area (Å²) < 4.78 is 5.30. The van der Waals surface area contributed by atoms with Gasteiger partial charge in [-0.3, -0.25) is 11.3 Å². The monoisotopic (exact) mass is 224 g/mol. The maximum absolute atomic E-state index is 5.82. The summed E-state index contributed by atoms with van der Waals surface area (Å²) in [5.74, 6) is 6.04. The average Bonchev–Trinajstić information content (AvgIpc) is 2.28. The highest BCUT2D eigenvalue weighted by atomic mass is 16.5. The topological polar surface area (TPSA) is 86.2 Å². The molecule has 16 heavy (non-hydrogen) atoms. The van der Waals surface area contributed by atoms with Crippen molar-refractivity contribution in [3.63, 3.8) is 0 Å². The van der Waals surface area contributed by atoms with Crippen molar-refractivity contribution >= 4 is 5.82 Å². The number of hydrogen-bond acceptors (Lipinski definition) is 5. The van der Waals surface area contributed by atoms with E-state index in [1.807, 2.05) is 19.9 Å². The zero-order valence-corrected chi connectivity index (χ0v) is 9.86. The Morgan fingerprint density at radius 3 is 2.94 bits per heavy atom. The predicted octanol–water partition coefficient (Wildman–Crippen LogP) is 0.903. The van der Waals surface area contributed by atoms with Gasteiger partial charge in [0.25, 0.3) is 0 Å². The van der Waals surface area contributed by atoms with Gasteiger partial charge in [-0.05, 0) is 31.9 Å². The van der Waals surface area contributed by atoms with Gasteiger partial charge in [-0.2, -0.15) is 0 Å². The van der Waals surface area contributed by atoms with E-state index in [1.165, 1.54) is 0 Å². The molecule has 0 bridgehead atoms. The molecule has 0 aliphatic rings. The normalized spacial score (nSPS) is 12.7. The minimum Gasteiger partial charge on any atom is -0.383 e. The Bertz CT molecular complexity index is 330. The summed E-state index contributed by atoms with van der Waals surface area (Å²) in [4.78, 5) is 4.12. The molecule has 5 N–H and O–H groups in total. The Morgan fingerprint density at radius 2 is 2.31 bits per heavy atom. The highest BCUT2D eigenvalue weighted by molar-refractivity contribution is 5.42. The molecule has 1 heterocycles. The molecule has 0 fully saturated rings. The molecule has 1 aromatic rings. The Kier molecular flexibility index (Phi) is 5.18. The van der Waals surface area contributed by atoms with E-state index >= 15 is 0 Å². The van der Waals surface area contributed by atoms with E-state index in [1.54, 1.807) is 6.20 Å². The number of anilines is 1. The van der Waals surface area contributed by atoms with E-state index in [2.05, 4.69) is 10.4 Å². The summed E-state index contributed by atoms with van der Waals surface area (Å²) >= 11 is 0. The zero-order chi connectivity index (χ0) is 12.0. The molecule has 1 aromatic heterocycles. The van der Waals surface area contributed by atoms with Crippen LogP contribution in [0.1, 0.15) is 30.5 Å². The van der Waals surface area contributed by atoms with Crippen LogP contribution in [0.5, 0.6) is 0 Å². The fourth-order valence-corrected chi connectivity index (χ4v) is 1.56. The average molecular weight is 224 g/mol. The van der Waals surface area contributed by atoms with Gasteiger partial charge in [0.15, 0.2) is 0 Å². The number of aryl methyl sites for hydroxylation is 1. The Labute approximate surface area is 96.2 Å². The first-order valence-electron chi connectivity index (χ1n) is 5.45. The molecule has 0 spiro atoms. The van der Waals surface area contributed by atoms with E-state index in [4.69, 9.17) is 16.3 Å². The Morgan fingerprint density at radius 1 is 1.56 bits per heavy atom. The van der Waals surface area contributed by atoms with E-state index < -0.39 is 0 Å². The van der Waals surface area contributed by atoms with Crippen molar-refractivity contribution in [2.75, 3.05) is 18.9 Å². The summed E-state index contributed by atoms with van der Waals surface area (Å²) in [6.07, 6.45) is 2.52. The van der Waals surface area contributed by atoms with Gasteiger partial charge in [0, 0.05) is 25.0 Å². The van der Waals surface area contributed by atoms with E-state index in [0.717, 1.165) is 17.5 Å². The van der Waals surface area contributed by atoms with Crippen molar-refractivity contribution in [1.82, 2.24) is 10.4 Å². The van der Waals surface area contributed by atoms with Gasteiger partial charge in [0.1, 0.15) is 5.82 Å². The molecule has 0 saturated heterocycles. The molecule has 5 nitrogen and oxygen atoms in total. The van der Waals surface area contributed by atoms with Crippen molar-refractivity contribution in [1.29, 1.82) is 0 Å². The van der Waals surface area contributed by atoms with E-state index in [9.17, 15) is 0 Å². The van der Waals surface area contributed by atoms with Crippen LogP contribution in [0.3, 0.4) is 0 Å². The molecule has 0 aliphatic carbocycles. The number of nitrogens with zero attached hydrogens (tertiary/aromatic N) is 1. The number of hydrogen-bond donors (Lipinski definition) is 3. The summed E-state index contributed by atoms with van der Waals surface area (Å²) in [5, 5.41) is 0. The smallest absolute Gasteiger partial charge is 0.128 e. The highest BCUT2D eigenvalue weighted by Crippen LogP contribution is 2.21. The summed E-state index contributed by atoms with van der Waals surface area (Å²) in [7, 11) is 0. The van der Waals surface area contributed by atoms with Crippen LogP contribution >= 0.6 is 0 Å². The summed E-state index contributed by atoms with van der Waals surface area (Å²) in [6.45, 7) is 5.30. The second-order valence-corrected chi connectivity index (χ2v) is 3.69. The maximum Gasteiger partial charge on any atom is 0.128 e. The molecule has 1 atom stereocenters. The van der Waals surface area contributed by atoms with Gasteiger partial charge in [0.2, 0.25) is 0 Å². The van der Waals surface area contributed by atoms with Crippen LogP contribution in [0.2, 0.25) is 0 Å². The van der Waals surface area contributed by atoms with Crippen LogP contribution in [0.4, 0.5) is 5.82 Å². The molecule has 0 aliphatic heterocycles. The number of aromatic nitrogens is 1. The summed E-state index contributed by atoms with van der Waals surface area (Å²) in [5.41, 5.74) is 10.6. The first-order chi connectivity index (χ1) is 7.69. The van der Waals surface area contributed by atoms with Gasteiger partial charge in [-0.1, -0.05) is 0 Å². The molecule has 0 saturated carbocycles. The number of nitrogens with two attached hydrogens (primary N) is 2. The zero-order valence-electron chi connectivity index (χ0n) is 9.86. The number of rotatable bonds is 6. The minimum atomic E-state index is -0.0149. The lowest BCUT2D eigenvalue weighted by atomic mass is 10.0. The van der Waals surface area contributed by atoms with Gasteiger partial charge >= 0.3 is 0 Å². The van der Waals surface area contributed by atoms with Crippen molar-refractivity contribution < 1.29 is 4.74 Å². The first-order valence-corrected chi connectivity index (χ1v) is 5.45. The number of nitrogens with one attached hydrogen (secondary N) is 1. The Hall–Kier alpha value is -1.17. The van der Waals surface area contributed by atoms with Crippen molar-refractivity contribution in [3.8, 4) is 0 Å². The minimum absolute atomic E-state index is 0.0149. The van der Waals surface area contributed by atoms with Crippen molar-refractivity contribution in [2.45, 2.75) is 26.3 Å². The van der Waals surface area contributed by atoms with E-state index in [0.29, 0.717) is 19.0 Å². The molecular formula is C11H20N4O. The summed E-state index contributed by atoms with van der Waals surface area (Å²) in [6, 6.07) is 1.98. The third-order valence-corrected chi connectivity index (χ3v) is 2.42. The molecule has 0 aromatic carbocycles. The predicted molar refractivity (Wildman–Crippen MR) is 64.6 cm³/mol. The number of pyridine rings is 1. The van der Waals surface area contributed by atoms with Crippen LogP contribution in [0.15, 0.2) is 12.3 Å². The van der Waals surface area contributed by atoms with Crippen molar-refractivity contribution in [3.05, 3.63) is 23.4 Å². The molecule has 1 rings (SSSR count). The maximum atomic E-state index is 5.82. The van der Waals surface area contributed by atoms with E-state index in [-0.39, 0.29) is 6.04 Å². The largest absolute Gasteiger partial charge is 0.383 e. The highest BCUT2D eigenvalue weighted by Gasteiger charge is 2.13. The van der Waals surface area contributed by atoms with Gasteiger partial charge in [0.05, 0.1) is 6.04 Å². The van der Waals surface area contributed by atoms with Crippen molar-refractivity contribution in [2.24, 2.45) is 5.84 Å². The second kappa shape index (κ2) is 6.42. The SMILES string of the molecule is CCOCCC(NN)c1cc(C)cnc1N. The fourth-order valence-electron chi connectivity index (χ4n) is 1.56. The van der Waals surface area contributed by atoms with Gasteiger partial charge < -0.3 is 10.5 Å². The number of ether oxygens (including phenoxy) is 1. The molecular weight excluding hydrogens is 204 g/mol. The first kappa shape index (κ1) is 12.9. The molecule has 0 radical (unpaired) electrons. The lowest BCUT2D eigenvalue weighted by molar-refractivity contribution is 0.136.